The number of esters is 1. The molecule has 31 heavy (non-hydrogen) atoms. The number of carbonyl (C=O) groups is 1. The molecule has 3 rings (SSSR count). The van der Waals surface area contributed by atoms with Gasteiger partial charge in [-0.25, -0.2) is 4.79 Å². The van der Waals surface area contributed by atoms with Crippen molar-refractivity contribution in [3.63, 3.8) is 0 Å². The van der Waals surface area contributed by atoms with Crippen molar-refractivity contribution in [2.45, 2.75) is 38.0 Å². The summed E-state index contributed by atoms with van der Waals surface area (Å²) in [6, 6.07) is 29.9. The fourth-order valence-corrected chi connectivity index (χ4v) is 4.15. The van der Waals surface area contributed by atoms with E-state index in [4.69, 9.17) is 4.74 Å². The molecule has 0 saturated heterocycles. The van der Waals surface area contributed by atoms with Gasteiger partial charge in [0.2, 0.25) is 0 Å². The minimum atomic E-state index is -1.29. The van der Waals surface area contributed by atoms with Crippen molar-refractivity contribution in [3.05, 3.63) is 108 Å². The molecule has 162 valence electrons. The quantitative estimate of drug-likeness (QED) is 0.397. The molecular weight excluding hydrogens is 386 g/mol. The average molecular weight is 418 g/mol. The smallest absolute Gasteiger partial charge is 0.336 e. The van der Waals surface area contributed by atoms with E-state index in [1.54, 1.807) is 0 Å². The summed E-state index contributed by atoms with van der Waals surface area (Å²) in [6.07, 6.45) is -0.687. The summed E-state index contributed by atoms with van der Waals surface area (Å²) in [5.41, 5.74) is 2.31. The van der Waals surface area contributed by atoms with Crippen LogP contribution < -0.4 is 5.32 Å². The van der Waals surface area contributed by atoms with Gasteiger partial charge in [0.05, 0.1) is 12.6 Å². The Labute approximate surface area is 184 Å². The SMILES string of the molecule is COC(=O)[C@@H](O)[C@H](CC(C)C)NC(c1ccccc1)(c1ccccc1)c1ccccc1. The summed E-state index contributed by atoms with van der Waals surface area (Å²) >= 11 is 0. The van der Waals surface area contributed by atoms with Crippen LogP contribution in [0.4, 0.5) is 0 Å². The standard InChI is InChI=1S/C27H31NO3/c1-20(2)19-24(25(29)26(30)31-3)28-27(21-13-7-4-8-14-21,22-15-9-5-10-16-22)23-17-11-6-12-18-23/h4-18,20,24-25,28-29H,19H2,1-3H3/t24-,25-/m0/s1. The van der Waals surface area contributed by atoms with Gasteiger partial charge >= 0.3 is 5.97 Å². The van der Waals surface area contributed by atoms with Gasteiger partial charge in [0.25, 0.3) is 0 Å². The van der Waals surface area contributed by atoms with Gasteiger partial charge < -0.3 is 9.84 Å². The third-order valence-electron chi connectivity index (χ3n) is 5.57. The highest BCUT2D eigenvalue weighted by molar-refractivity contribution is 5.75. The third-order valence-corrected chi connectivity index (χ3v) is 5.57. The van der Waals surface area contributed by atoms with E-state index in [1.807, 2.05) is 54.6 Å². The second kappa shape index (κ2) is 10.4. The van der Waals surface area contributed by atoms with Crippen LogP contribution in [0, 0.1) is 5.92 Å². The number of nitrogens with one attached hydrogen (secondary N) is 1. The van der Waals surface area contributed by atoms with Gasteiger partial charge in [-0.05, 0) is 29.0 Å². The number of hydrogen-bond acceptors (Lipinski definition) is 4. The number of hydrogen-bond donors (Lipinski definition) is 2. The largest absolute Gasteiger partial charge is 0.467 e. The van der Waals surface area contributed by atoms with Gasteiger partial charge in [0.1, 0.15) is 0 Å². The molecule has 0 unspecified atom stereocenters. The maximum atomic E-state index is 12.3. The minimum Gasteiger partial charge on any atom is -0.467 e. The van der Waals surface area contributed by atoms with Crippen LogP contribution in [0.5, 0.6) is 0 Å². The van der Waals surface area contributed by atoms with Crippen LogP contribution in [0.1, 0.15) is 37.0 Å². The van der Waals surface area contributed by atoms with Crippen LogP contribution >= 0.6 is 0 Å². The maximum Gasteiger partial charge on any atom is 0.336 e. The molecule has 0 aromatic heterocycles. The summed E-state index contributed by atoms with van der Waals surface area (Å²) < 4.78 is 4.88. The molecule has 2 N–H and O–H groups in total. The van der Waals surface area contributed by atoms with Crippen molar-refractivity contribution in [2.75, 3.05) is 7.11 Å². The van der Waals surface area contributed by atoms with Gasteiger partial charge in [0, 0.05) is 6.04 Å². The zero-order chi connectivity index (χ0) is 22.3. The normalized spacial score (nSPS) is 13.6. The highest BCUT2D eigenvalue weighted by atomic mass is 16.5. The lowest BCUT2D eigenvalue weighted by Crippen LogP contribution is -2.56. The van der Waals surface area contributed by atoms with Gasteiger partial charge in [-0.1, -0.05) is 105 Å². The fraction of sp³-hybridized carbons (Fsp3) is 0.296. The van der Waals surface area contributed by atoms with Gasteiger partial charge in [-0.15, -0.1) is 0 Å². The molecule has 0 aliphatic carbocycles. The number of carbonyl (C=O) groups excluding carboxylic acids is 1. The Morgan fingerprint density at radius 2 is 1.23 bits per heavy atom. The van der Waals surface area contributed by atoms with E-state index in [0.717, 1.165) is 16.7 Å². The molecule has 0 aliphatic heterocycles. The van der Waals surface area contributed by atoms with E-state index < -0.39 is 23.7 Å². The number of methoxy groups -OCH3 is 1. The third kappa shape index (κ3) is 5.04. The first-order valence-electron chi connectivity index (χ1n) is 10.7. The van der Waals surface area contributed by atoms with Crippen molar-refractivity contribution < 1.29 is 14.6 Å². The second-order valence-electron chi connectivity index (χ2n) is 8.20. The summed E-state index contributed by atoms with van der Waals surface area (Å²) in [6.45, 7) is 4.15. The van der Waals surface area contributed by atoms with Crippen LogP contribution in [0.15, 0.2) is 91.0 Å². The summed E-state index contributed by atoms with van der Waals surface area (Å²) in [7, 11) is 1.30. The van der Waals surface area contributed by atoms with E-state index in [1.165, 1.54) is 7.11 Å². The van der Waals surface area contributed by atoms with Crippen LogP contribution in [0.2, 0.25) is 0 Å². The number of rotatable bonds is 9. The van der Waals surface area contributed by atoms with Crippen molar-refractivity contribution in [2.24, 2.45) is 5.92 Å². The Bertz CT molecular complexity index is 845. The zero-order valence-corrected chi connectivity index (χ0v) is 18.4. The molecular formula is C27H31NO3. The number of aliphatic hydroxyl groups excluding tert-OH is 1. The predicted molar refractivity (Wildman–Crippen MR) is 124 cm³/mol. The Balaban J connectivity index is 2.24. The molecule has 4 nitrogen and oxygen atoms in total. The second-order valence-corrected chi connectivity index (χ2v) is 8.20. The Morgan fingerprint density at radius 1 is 0.839 bits per heavy atom. The Morgan fingerprint density at radius 3 is 1.55 bits per heavy atom. The molecule has 4 heteroatoms. The molecule has 0 radical (unpaired) electrons. The summed E-state index contributed by atoms with van der Waals surface area (Å²) in [5.74, 6) is -0.377. The van der Waals surface area contributed by atoms with Crippen LogP contribution in [0.25, 0.3) is 0 Å². The van der Waals surface area contributed by atoms with Crippen molar-refractivity contribution in [1.82, 2.24) is 5.32 Å². The van der Waals surface area contributed by atoms with Crippen LogP contribution in [-0.2, 0) is 15.1 Å². The first kappa shape index (κ1) is 22.7. The average Bonchev–Trinajstić information content (AvgIpc) is 2.82. The highest BCUT2D eigenvalue weighted by Gasteiger charge is 2.41. The van der Waals surface area contributed by atoms with Crippen molar-refractivity contribution >= 4 is 5.97 Å². The molecule has 3 aromatic carbocycles. The molecule has 0 bridgehead atoms. The van der Waals surface area contributed by atoms with Crippen LogP contribution in [-0.4, -0.2) is 30.3 Å². The first-order valence-corrected chi connectivity index (χ1v) is 10.7. The van der Waals surface area contributed by atoms with E-state index >= 15 is 0 Å². The summed E-state index contributed by atoms with van der Waals surface area (Å²) in [4.78, 5) is 12.3. The van der Waals surface area contributed by atoms with Gasteiger partial charge in [0.15, 0.2) is 6.10 Å². The fourth-order valence-electron chi connectivity index (χ4n) is 4.15. The van der Waals surface area contributed by atoms with Gasteiger partial charge in [-0.2, -0.15) is 0 Å². The monoisotopic (exact) mass is 417 g/mol. The van der Waals surface area contributed by atoms with Crippen LogP contribution in [0.3, 0.4) is 0 Å². The molecule has 0 fully saturated rings. The molecule has 0 spiro atoms. The highest BCUT2D eigenvalue weighted by Crippen LogP contribution is 2.38. The minimum absolute atomic E-state index is 0.261. The molecule has 0 aliphatic rings. The Hall–Kier alpha value is -2.95. The molecule has 3 aromatic rings. The maximum absolute atomic E-state index is 12.3. The van der Waals surface area contributed by atoms with Gasteiger partial charge in [-0.3, -0.25) is 5.32 Å². The van der Waals surface area contributed by atoms with E-state index in [9.17, 15) is 9.90 Å². The number of ether oxygens (including phenoxy) is 1. The lowest BCUT2D eigenvalue weighted by Gasteiger charge is -2.41. The molecule has 0 saturated carbocycles. The van der Waals surface area contributed by atoms with Crippen molar-refractivity contribution in [1.29, 1.82) is 0 Å². The van der Waals surface area contributed by atoms with Crippen molar-refractivity contribution in [3.8, 4) is 0 Å². The number of aliphatic hydroxyl groups is 1. The zero-order valence-electron chi connectivity index (χ0n) is 18.4. The molecule has 0 amide bonds. The predicted octanol–water partition coefficient (Wildman–Crippen LogP) is 4.52. The lowest BCUT2D eigenvalue weighted by atomic mass is 9.75. The van der Waals surface area contributed by atoms with E-state index in [0.29, 0.717) is 6.42 Å². The van der Waals surface area contributed by atoms with E-state index in [-0.39, 0.29) is 5.92 Å². The van der Waals surface area contributed by atoms with E-state index in [2.05, 4.69) is 55.6 Å². The number of benzene rings is 3. The topological polar surface area (TPSA) is 58.6 Å². The first-order chi connectivity index (χ1) is 15.0. The molecule has 2 atom stereocenters. The Kier molecular flexibility index (Phi) is 7.61. The molecule has 0 heterocycles. The summed E-state index contributed by atoms with van der Waals surface area (Å²) in [5, 5.41) is 14.6. The lowest BCUT2D eigenvalue weighted by molar-refractivity contribution is -0.152.